The molecule has 0 radical (unpaired) electrons. The summed E-state index contributed by atoms with van der Waals surface area (Å²) in [5.41, 5.74) is 0.0271. The minimum atomic E-state index is -0.429. The zero-order valence-electron chi connectivity index (χ0n) is 10.2. The highest BCUT2D eigenvalue weighted by molar-refractivity contribution is 9.10. The lowest BCUT2D eigenvalue weighted by atomic mass is 9.99. The Morgan fingerprint density at radius 2 is 2.06 bits per heavy atom. The van der Waals surface area contributed by atoms with Crippen LogP contribution in [0.15, 0.2) is 22.7 Å². The summed E-state index contributed by atoms with van der Waals surface area (Å²) in [5.74, 6) is 1.39. The Balaban J connectivity index is 2.75. The van der Waals surface area contributed by atoms with Gasteiger partial charge in [0.05, 0.1) is 17.6 Å². The zero-order valence-corrected chi connectivity index (χ0v) is 13.4. The molecule has 0 bridgehead atoms. The van der Waals surface area contributed by atoms with Crippen molar-refractivity contribution in [1.29, 1.82) is 0 Å². The third-order valence-corrected chi connectivity index (χ3v) is 3.96. The predicted molar refractivity (Wildman–Crippen MR) is 78.4 cm³/mol. The molecule has 0 heterocycles. The second kappa shape index (κ2) is 7.09. The zero-order chi connectivity index (χ0) is 13.7. The predicted octanol–water partition coefficient (Wildman–Crippen LogP) is 4.40. The first-order chi connectivity index (χ1) is 8.43. The molecular weight excluding hydrogens is 366 g/mol. The first-order valence-electron chi connectivity index (χ1n) is 5.57. The molecule has 0 saturated carbocycles. The lowest BCUT2D eigenvalue weighted by Gasteiger charge is -2.18. The molecule has 1 unspecified atom stereocenters. The molecule has 1 aromatic carbocycles. The maximum Gasteiger partial charge on any atom is 0.274 e. The van der Waals surface area contributed by atoms with Crippen molar-refractivity contribution in [3.8, 4) is 5.75 Å². The molecule has 0 aliphatic heterocycles. The molecule has 1 rings (SSSR count). The number of hydrogen-bond acceptors (Lipinski definition) is 3. The van der Waals surface area contributed by atoms with E-state index in [2.05, 4.69) is 45.7 Å². The molecule has 0 saturated heterocycles. The molecule has 4 nitrogen and oxygen atoms in total. The third-order valence-electron chi connectivity index (χ3n) is 2.67. The van der Waals surface area contributed by atoms with Crippen molar-refractivity contribution in [1.82, 2.24) is 0 Å². The molecule has 1 atom stereocenters. The summed E-state index contributed by atoms with van der Waals surface area (Å²) in [6.07, 6.45) is 0. The molecule has 18 heavy (non-hydrogen) atoms. The average Bonchev–Trinajstić information content (AvgIpc) is 2.28. The summed E-state index contributed by atoms with van der Waals surface area (Å²) >= 11 is 6.69. The fourth-order valence-electron chi connectivity index (χ4n) is 1.36. The van der Waals surface area contributed by atoms with E-state index in [1.807, 2.05) is 0 Å². The molecule has 0 N–H and O–H groups in total. The van der Waals surface area contributed by atoms with E-state index in [1.54, 1.807) is 6.07 Å². The number of rotatable bonds is 6. The van der Waals surface area contributed by atoms with E-state index in [4.69, 9.17) is 4.74 Å². The summed E-state index contributed by atoms with van der Waals surface area (Å²) in [7, 11) is 0. The van der Waals surface area contributed by atoms with Crippen LogP contribution < -0.4 is 4.74 Å². The molecule has 0 aliphatic rings. The van der Waals surface area contributed by atoms with Gasteiger partial charge in [0.25, 0.3) is 5.69 Å². The van der Waals surface area contributed by atoms with Gasteiger partial charge in [-0.3, -0.25) is 10.1 Å². The van der Waals surface area contributed by atoms with E-state index in [0.29, 0.717) is 28.7 Å². The van der Waals surface area contributed by atoms with Crippen LogP contribution in [0, 0.1) is 22.0 Å². The van der Waals surface area contributed by atoms with Crippen LogP contribution in [0.5, 0.6) is 5.75 Å². The lowest BCUT2D eigenvalue weighted by molar-refractivity contribution is -0.385. The van der Waals surface area contributed by atoms with Gasteiger partial charge in [-0.25, -0.2) is 0 Å². The van der Waals surface area contributed by atoms with Gasteiger partial charge in [-0.1, -0.05) is 45.7 Å². The second-order valence-corrected chi connectivity index (χ2v) is 5.93. The summed E-state index contributed by atoms with van der Waals surface area (Å²) < 4.78 is 6.27. The van der Waals surface area contributed by atoms with Gasteiger partial charge in [-0.2, -0.15) is 0 Å². The van der Waals surface area contributed by atoms with Crippen LogP contribution in [0.1, 0.15) is 13.8 Å². The van der Waals surface area contributed by atoms with Crippen LogP contribution in [0.2, 0.25) is 0 Å². The highest BCUT2D eigenvalue weighted by Gasteiger charge is 2.14. The molecule has 6 heteroatoms. The second-order valence-electron chi connectivity index (χ2n) is 4.37. The highest BCUT2D eigenvalue weighted by atomic mass is 79.9. The number of non-ortho nitro benzene ring substituents is 1. The van der Waals surface area contributed by atoms with E-state index < -0.39 is 4.92 Å². The monoisotopic (exact) mass is 379 g/mol. The molecule has 0 aromatic heterocycles. The van der Waals surface area contributed by atoms with Crippen LogP contribution in [0.4, 0.5) is 5.69 Å². The first kappa shape index (κ1) is 15.4. The molecule has 0 aliphatic carbocycles. The van der Waals surface area contributed by atoms with Crippen molar-refractivity contribution in [3.05, 3.63) is 32.8 Å². The summed E-state index contributed by atoms with van der Waals surface area (Å²) in [6, 6.07) is 4.63. The minimum absolute atomic E-state index is 0.0271. The maximum absolute atomic E-state index is 10.7. The highest BCUT2D eigenvalue weighted by Crippen LogP contribution is 2.27. The molecule has 1 aromatic rings. The Bertz CT molecular complexity index is 424. The summed E-state index contributed by atoms with van der Waals surface area (Å²) in [4.78, 5) is 10.3. The van der Waals surface area contributed by atoms with Gasteiger partial charge in [0.2, 0.25) is 0 Å². The quantitative estimate of drug-likeness (QED) is 0.417. The Hall–Kier alpha value is -0.620. The molecule has 100 valence electrons. The number of nitro benzene ring substituents is 1. The molecule has 0 amide bonds. The van der Waals surface area contributed by atoms with E-state index in [-0.39, 0.29) is 5.69 Å². The van der Waals surface area contributed by atoms with E-state index >= 15 is 0 Å². The number of nitro groups is 1. The van der Waals surface area contributed by atoms with Crippen LogP contribution in [0.3, 0.4) is 0 Å². The van der Waals surface area contributed by atoms with Crippen molar-refractivity contribution in [2.24, 2.45) is 11.8 Å². The fraction of sp³-hybridized carbons (Fsp3) is 0.500. The largest absolute Gasteiger partial charge is 0.493 e. The van der Waals surface area contributed by atoms with Gasteiger partial charge in [-0.05, 0) is 12.0 Å². The number of benzene rings is 1. The summed E-state index contributed by atoms with van der Waals surface area (Å²) in [5, 5.41) is 11.6. The van der Waals surface area contributed by atoms with E-state index in [0.717, 1.165) is 5.33 Å². The SMILES string of the molecule is CC(C)C(CBr)COc1cc(Br)cc([N+](=O)[O-])c1. The smallest absolute Gasteiger partial charge is 0.274 e. The van der Waals surface area contributed by atoms with Crippen LogP contribution >= 0.6 is 31.9 Å². The first-order valence-corrected chi connectivity index (χ1v) is 7.49. The summed E-state index contributed by atoms with van der Waals surface area (Å²) in [6.45, 7) is 4.79. The van der Waals surface area contributed by atoms with Gasteiger partial charge in [0.1, 0.15) is 5.75 Å². The van der Waals surface area contributed by atoms with Crippen molar-refractivity contribution in [2.75, 3.05) is 11.9 Å². The Morgan fingerprint density at radius 3 is 2.56 bits per heavy atom. The Labute approximate surface area is 123 Å². The average molecular weight is 381 g/mol. The lowest BCUT2D eigenvalue weighted by Crippen LogP contribution is -2.19. The van der Waals surface area contributed by atoms with Crippen molar-refractivity contribution >= 4 is 37.5 Å². The van der Waals surface area contributed by atoms with Crippen LogP contribution in [-0.4, -0.2) is 16.9 Å². The standard InChI is InChI=1S/C12H15Br2NO3/c1-8(2)9(6-13)7-18-12-4-10(14)3-11(5-12)15(16)17/h3-5,8-9H,6-7H2,1-2H3. The molecule has 0 spiro atoms. The van der Waals surface area contributed by atoms with Gasteiger partial charge < -0.3 is 4.74 Å². The number of ether oxygens (including phenoxy) is 1. The Morgan fingerprint density at radius 1 is 1.39 bits per heavy atom. The number of alkyl halides is 1. The maximum atomic E-state index is 10.7. The number of hydrogen-bond donors (Lipinski definition) is 0. The van der Waals surface area contributed by atoms with Gasteiger partial charge >= 0.3 is 0 Å². The number of halogens is 2. The minimum Gasteiger partial charge on any atom is -0.493 e. The molecule has 0 fully saturated rings. The van der Waals surface area contributed by atoms with E-state index in [9.17, 15) is 10.1 Å². The van der Waals surface area contributed by atoms with Gasteiger partial charge in [0, 0.05) is 21.8 Å². The van der Waals surface area contributed by atoms with Crippen molar-refractivity contribution in [2.45, 2.75) is 13.8 Å². The molecular formula is C12H15Br2NO3. The van der Waals surface area contributed by atoms with Crippen LogP contribution in [0.25, 0.3) is 0 Å². The van der Waals surface area contributed by atoms with E-state index in [1.165, 1.54) is 12.1 Å². The topological polar surface area (TPSA) is 52.4 Å². The number of nitrogens with zero attached hydrogens (tertiary/aromatic N) is 1. The fourth-order valence-corrected chi connectivity index (χ4v) is 2.75. The van der Waals surface area contributed by atoms with Gasteiger partial charge in [0.15, 0.2) is 0 Å². The van der Waals surface area contributed by atoms with Crippen LogP contribution in [-0.2, 0) is 0 Å². The van der Waals surface area contributed by atoms with Gasteiger partial charge in [-0.15, -0.1) is 0 Å². The third kappa shape index (κ3) is 4.57. The normalized spacial score (nSPS) is 12.5. The van der Waals surface area contributed by atoms with Crippen molar-refractivity contribution < 1.29 is 9.66 Å². The Kier molecular flexibility index (Phi) is 6.08. The van der Waals surface area contributed by atoms with Crippen molar-refractivity contribution in [3.63, 3.8) is 0 Å².